The first-order valence-electron chi connectivity index (χ1n) is 25.7. The summed E-state index contributed by atoms with van der Waals surface area (Å²) in [4.78, 5) is 15.0. The summed E-state index contributed by atoms with van der Waals surface area (Å²) in [6.45, 7) is 18.4. The zero-order valence-electron chi connectivity index (χ0n) is 45.3. The summed E-state index contributed by atoms with van der Waals surface area (Å²) < 4.78 is 37.3. The fourth-order valence-corrected chi connectivity index (χ4v) is 15.1. The van der Waals surface area contributed by atoms with Crippen LogP contribution in [0.5, 0.6) is 34.5 Å². The molecule has 2 atom stereocenters. The molecule has 73 heavy (non-hydrogen) atoms. The van der Waals surface area contributed by atoms with Gasteiger partial charge in [0.2, 0.25) is 0 Å². The Morgan fingerprint density at radius 3 is 0.959 bits per heavy atom. The first kappa shape index (κ1) is 52.8. The van der Waals surface area contributed by atoms with Crippen molar-refractivity contribution >= 4 is 19.0 Å². The van der Waals surface area contributed by atoms with Crippen LogP contribution in [0.1, 0.15) is 137 Å². The predicted molar refractivity (Wildman–Crippen MR) is 303 cm³/mol. The Labute approximate surface area is 436 Å². The lowest BCUT2D eigenvalue weighted by molar-refractivity contribution is -0.119. The van der Waals surface area contributed by atoms with Gasteiger partial charge < -0.3 is 28.4 Å². The molecule has 7 aromatic carbocycles. The van der Waals surface area contributed by atoms with Crippen molar-refractivity contribution < 1.29 is 33.2 Å². The van der Waals surface area contributed by atoms with Crippen LogP contribution in [-0.4, -0.2) is 48.4 Å². The molecule has 0 aromatic heterocycles. The number of methoxy groups -OCH3 is 6. The van der Waals surface area contributed by atoms with Crippen LogP contribution in [0.15, 0.2) is 127 Å². The standard InChI is InChI=1S/C65H73O7P/c1-38(2)49-32-42(45-22-15-17-26-53(45)67-9)33-50(39(3)4)61(49)47-24-19-25-48(62-51(40(5)6)34-43(35-52(62)41(7)8)46-23-16-18-27-54(46)68-10)65(47)73-59(63-55(69-11)28-20-29-56(63)70-12)36-44(66)37-60(73)64-57(71-13)30-21-31-58(64)72-14/h15-35,38-41,59-60H,36-37H2,1-14H3. The molecule has 1 aliphatic heterocycles. The first-order chi connectivity index (χ1) is 35.2. The van der Waals surface area contributed by atoms with E-state index in [1.165, 1.54) is 38.7 Å². The largest absolute Gasteiger partial charge is 0.496 e. The summed E-state index contributed by atoms with van der Waals surface area (Å²) in [5, 5.41) is 1.23. The zero-order valence-corrected chi connectivity index (χ0v) is 46.2. The van der Waals surface area contributed by atoms with Gasteiger partial charge in [0.05, 0.1) is 42.7 Å². The summed E-state index contributed by atoms with van der Waals surface area (Å²) in [5.74, 6) is 5.11. The van der Waals surface area contributed by atoms with Gasteiger partial charge >= 0.3 is 0 Å². The number of hydrogen-bond donors (Lipinski definition) is 0. The SMILES string of the molecule is COc1ccccc1-c1cc(C(C)C)c(-c2cccc(-c3c(C(C)C)cc(-c4ccccc4OC)cc3C(C)C)c2P2C(c3c(OC)cccc3OC)CC(=O)CC2c2c(OC)cccc2OC)c(C(C)C)c1. The summed E-state index contributed by atoms with van der Waals surface area (Å²) >= 11 is 0. The average molecular weight is 997 g/mol. The van der Waals surface area contributed by atoms with Crippen LogP contribution < -0.4 is 33.7 Å². The summed E-state index contributed by atoms with van der Waals surface area (Å²) in [6, 6.07) is 45.1. The lowest BCUT2D eigenvalue weighted by Gasteiger charge is -2.43. The van der Waals surface area contributed by atoms with Gasteiger partial charge in [-0.2, -0.15) is 0 Å². The van der Waals surface area contributed by atoms with Gasteiger partial charge in [-0.3, -0.25) is 4.79 Å². The molecule has 1 aliphatic rings. The van der Waals surface area contributed by atoms with Gasteiger partial charge in [-0.15, -0.1) is 0 Å². The van der Waals surface area contributed by atoms with Crippen LogP contribution in [0, 0.1) is 0 Å². The van der Waals surface area contributed by atoms with E-state index in [-0.39, 0.29) is 40.8 Å². The quantitative estimate of drug-likeness (QED) is 0.0842. The highest BCUT2D eigenvalue weighted by Gasteiger charge is 2.46. The van der Waals surface area contributed by atoms with Gasteiger partial charge in [0.1, 0.15) is 40.3 Å². The van der Waals surface area contributed by atoms with E-state index in [1.807, 2.05) is 60.7 Å². The van der Waals surface area contributed by atoms with Crippen LogP contribution >= 0.6 is 7.92 Å². The number of rotatable bonds is 17. The number of para-hydroxylation sites is 2. The Morgan fingerprint density at radius 1 is 0.384 bits per heavy atom. The minimum atomic E-state index is -1.48. The minimum Gasteiger partial charge on any atom is -0.496 e. The van der Waals surface area contributed by atoms with E-state index in [1.54, 1.807) is 42.7 Å². The number of ether oxygens (including phenoxy) is 6. The number of benzene rings is 7. The van der Waals surface area contributed by atoms with Gasteiger partial charge in [-0.05, 0) is 121 Å². The van der Waals surface area contributed by atoms with Gasteiger partial charge in [-0.25, -0.2) is 0 Å². The fraction of sp³-hybridized carbons (Fsp3) is 0.338. The highest BCUT2D eigenvalue weighted by atomic mass is 31.1. The number of Topliss-reactive ketones (excluding diaryl/α,β-unsaturated/α-hetero) is 1. The predicted octanol–water partition coefficient (Wildman–Crippen LogP) is 16.9. The molecule has 1 saturated heterocycles. The highest BCUT2D eigenvalue weighted by molar-refractivity contribution is 7.67. The number of ketones is 1. The van der Waals surface area contributed by atoms with Crippen molar-refractivity contribution in [2.24, 2.45) is 0 Å². The molecule has 0 spiro atoms. The molecular weight excluding hydrogens is 924 g/mol. The van der Waals surface area contributed by atoms with Crippen molar-refractivity contribution in [2.75, 3.05) is 42.7 Å². The Kier molecular flexibility index (Phi) is 16.4. The number of carbonyl (C=O) groups is 1. The van der Waals surface area contributed by atoms with E-state index >= 15 is 0 Å². The van der Waals surface area contributed by atoms with Crippen molar-refractivity contribution in [2.45, 2.75) is 103 Å². The maximum Gasteiger partial charge on any atom is 0.134 e. The first-order valence-corrected chi connectivity index (χ1v) is 27.2. The van der Waals surface area contributed by atoms with E-state index in [9.17, 15) is 4.79 Å². The fourth-order valence-electron chi connectivity index (χ4n) is 11.3. The third-order valence-electron chi connectivity index (χ3n) is 14.7. The van der Waals surface area contributed by atoms with E-state index in [0.29, 0.717) is 35.8 Å². The van der Waals surface area contributed by atoms with E-state index in [0.717, 1.165) is 56.0 Å². The molecule has 1 heterocycles. The van der Waals surface area contributed by atoms with Gasteiger partial charge in [0, 0.05) is 46.4 Å². The van der Waals surface area contributed by atoms with E-state index in [4.69, 9.17) is 28.4 Å². The molecule has 1 fully saturated rings. The molecule has 0 N–H and O–H groups in total. The molecule has 0 radical (unpaired) electrons. The topological polar surface area (TPSA) is 72.5 Å². The molecule has 7 aromatic rings. The molecule has 8 heteroatoms. The normalized spacial score (nSPS) is 15.8. The second-order valence-corrected chi connectivity index (χ2v) is 22.8. The molecule has 0 bridgehead atoms. The van der Waals surface area contributed by atoms with Crippen LogP contribution in [0.25, 0.3) is 44.5 Å². The second kappa shape index (κ2) is 22.7. The minimum absolute atomic E-state index is 0.132. The third kappa shape index (κ3) is 10.1. The molecule has 0 saturated carbocycles. The molecule has 0 amide bonds. The van der Waals surface area contributed by atoms with E-state index < -0.39 is 7.92 Å². The van der Waals surface area contributed by atoms with Crippen molar-refractivity contribution in [1.29, 1.82) is 0 Å². The molecule has 0 aliphatic carbocycles. The lowest BCUT2D eigenvalue weighted by atomic mass is 9.79. The number of hydrogen-bond acceptors (Lipinski definition) is 7. The van der Waals surface area contributed by atoms with Crippen LogP contribution in [0.2, 0.25) is 0 Å². The van der Waals surface area contributed by atoms with Gasteiger partial charge in [0.25, 0.3) is 0 Å². The van der Waals surface area contributed by atoms with Crippen LogP contribution in [0.3, 0.4) is 0 Å². The maximum absolute atomic E-state index is 15.0. The summed E-state index contributed by atoms with van der Waals surface area (Å²) in [6.07, 6.45) is 0.595. The maximum atomic E-state index is 15.0. The summed E-state index contributed by atoms with van der Waals surface area (Å²) in [7, 11) is 8.87. The van der Waals surface area contributed by atoms with Gasteiger partial charge in [-0.1, -0.05) is 154 Å². The smallest absolute Gasteiger partial charge is 0.134 e. The Morgan fingerprint density at radius 2 is 0.658 bits per heavy atom. The zero-order chi connectivity index (χ0) is 52.2. The van der Waals surface area contributed by atoms with Crippen LogP contribution in [0.4, 0.5) is 0 Å². The Hall–Kier alpha value is -6.56. The van der Waals surface area contributed by atoms with Crippen molar-refractivity contribution in [1.82, 2.24) is 0 Å². The van der Waals surface area contributed by atoms with E-state index in [2.05, 4.69) is 122 Å². The Bertz CT molecular complexity index is 2810. The number of carbonyl (C=O) groups excluding carboxylic acids is 1. The monoisotopic (exact) mass is 997 g/mol. The summed E-state index contributed by atoms with van der Waals surface area (Å²) in [5.41, 5.74) is 15.2. The molecule has 2 unspecified atom stereocenters. The molecule has 7 nitrogen and oxygen atoms in total. The highest BCUT2D eigenvalue weighted by Crippen LogP contribution is 2.72. The third-order valence-corrected chi connectivity index (χ3v) is 17.9. The molecule has 8 rings (SSSR count). The van der Waals surface area contributed by atoms with Crippen LogP contribution in [-0.2, 0) is 4.79 Å². The molecular formula is C65H73O7P. The lowest BCUT2D eigenvalue weighted by Crippen LogP contribution is -2.27. The van der Waals surface area contributed by atoms with Crippen molar-refractivity contribution in [3.05, 3.63) is 161 Å². The average Bonchev–Trinajstić information content (AvgIpc) is 3.41. The molecule has 380 valence electrons. The second-order valence-electron chi connectivity index (χ2n) is 20.3. The van der Waals surface area contributed by atoms with Crippen molar-refractivity contribution in [3.8, 4) is 79.0 Å². The van der Waals surface area contributed by atoms with Crippen molar-refractivity contribution in [3.63, 3.8) is 0 Å². The Balaban J connectivity index is 1.62. The van der Waals surface area contributed by atoms with Gasteiger partial charge in [0.15, 0.2) is 0 Å².